The summed E-state index contributed by atoms with van der Waals surface area (Å²) >= 11 is 0. The number of rotatable bonds is 9. The van der Waals surface area contributed by atoms with Crippen LogP contribution in [-0.2, 0) is 22.6 Å². The van der Waals surface area contributed by atoms with Gasteiger partial charge in [0.25, 0.3) is 5.91 Å². The van der Waals surface area contributed by atoms with E-state index in [-0.39, 0.29) is 30.8 Å². The Labute approximate surface area is 200 Å². The smallest absolute Gasteiger partial charge is 0.261 e. The average Bonchev–Trinajstić information content (AvgIpc) is 2.81. The number of ether oxygens (including phenoxy) is 1. The molecule has 0 radical (unpaired) electrons. The van der Waals surface area contributed by atoms with Crippen LogP contribution in [0.3, 0.4) is 0 Å². The molecule has 0 heterocycles. The summed E-state index contributed by atoms with van der Waals surface area (Å²) in [5, 5.41) is 3.01. The maximum atomic E-state index is 13.5. The molecule has 0 fully saturated rings. The van der Waals surface area contributed by atoms with E-state index in [9.17, 15) is 14.0 Å². The molecular weight excluding hydrogens is 431 g/mol. The van der Waals surface area contributed by atoms with E-state index in [1.54, 1.807) is 24.3 Å². The highest BCUT2D eigenvalue weighted by molar-refractivity contribution is 5.89. The quantitative estimate of drug-likeness (QED) is 0.499. The Balaban J connectivity index is 1.91. The van der Waals surface area contributed by atoms with Crippen molar-refractivity contribution in [1.82, 2.24) is 10.2 Å². The number of para-hydroxylation sites is 1. The fourth-order valence-electron chi connectivity index (χ4n) is 3.54. The van der Waals surface area contributed by atoms with Crippen molar-refractivity contribution in [2.45, 2.75) is 45.3 Å². The molecule has 2 amide bonds. The second-order valence-electron chi connectivity index (χ2n) is 9.19. The highest BCUT2D eigenvalue weighted by Crippen LogP contribution is 2.17. The summed E-state index contributed by atoms with van der Waals surface area (Å²) in [5.74, 6) is -0.388. The Kier molecular flexibility index (Phi) is 8.41. The van der Waals surface area contributed by atoms with Gasteiger partial charge in [-0.3, -0.25) is 9.59 Å². The van der Waals surface area contributed by atoms with E-state index >= 15 is 0 Å². The molecule has 0 unspecified atom stereocenters. The van der Waals surface area contributed by atoms with Gasteiger partial charge >= 0.3 is 0 Å². The Morgan fingerprint density at radius 2 is 1.47 bits per heavy atom. The van der Waals surface area contributed by atoms with Crippen LogP contribution in [-0.4, -0.2) is 34.9 Å². The van der Waals surface area contributed by atoms with E-state index < -0.39 is 11.6 Å². The van der Waals surface area contributed by atoms with Gasteiger partial charge in [0.1, 0.15) is 17.6 Å². The zero-order valence-electron chi connectivity index (χ0n) is 19.8. The third kappa shape index (κ3) is 7.73. The van der Waals surface area contributed by atoms with Crippen LogP contribution in [0.1, 0.15) is 31.9 Å². The number of hydrogen-bond donors (Lipinski definition) is 1. The van der Waals surface area contributed by atoms with Crippen molar-refractivity contribution in [3.8, 4) is 5.75 Å². The Morgan fingerprint density at radius 1 is 0.882 bits per heavy atom. The van der Waals surface area contributed by atoms with E-state index in [1.165, 1.54) is 17.0 Å². The Bertz CT molecular complexity index is 1060. The van der Waals surface area contributed by atoms with E-state index in [2.05, 4.69) is 5.32 Å². The number of benzene rings is 3. The summed E-state index contributed by atoms with van der Waals surface area (Å²) in [7, 11) is 0. The first-order chi connectivity index (χ1) is 16.2. The lowest BCUT2D eigenvalue weighted by molar-refractivity contribution is -0.143. The standard InChI is InChI=1S/C28H31FN2O3/c1-28(2,3)30-27(33)25(18-21-10-6-4-7-11-21)31(19-22-14-16-23(29)17-15-22)26(32)20-34-24-12-8-5-9-13-24/h4-17,25H,18-20H2,1-3H3,(H,30,33)/t25-/m1/s1. The lowest BCUT2D eigenvalue weighted by Gasteiger charge is -2.33. The first-order valence-corrected chi connectivity index (χ1v) is 11.3. The summed E-state index contributed by atoms with van der Waals surface area (Å²) < 4.78 is 19.2. The van der Waals surface area contributed by atoms with Crippen LogP contribution in [0.2, 0.25) is 0 Å². The molecule has 5 nitrogen and oxygen atoms in total. The predicted octanol–water partition coefficient (Wildman–Crippen LogP) is 4.76. The molecule has 178 valence electrons. The molecule has 34 heavy (non-hydrogen) atoms. The minimum absolute atomic E-state index is 0.145. The minimum atomic E-state index is -0.779. The van der Waals surface area contributed by atoms with Crippen LogP contribution in [0.15, 0.2) is 84.9 Å². The van der Waals surface area contributed by atoms with E-state index in [4.69, 9.17) is 4.74 Å². The first-order valence-electron chi connectivity index (χ1n) is 11.3. The molecule has 0 aliphatic carbocycles. The van der Waals surface area contributed by atoms with Crippen molar-refractivity contribution in [3.05, 3.63) is 102 Å². The second kappa shape index (κ2) is 11.5. The van der Waals surface area contributed by atoms with Gasteiger partial charge in [0.05, 0.1) is 0 Å². The molecule has 0 aliphatic rings. The van der Waals surface area contributed by atoms with Crippen molar-refractivity contribution in [3.63, 3.8) is 0 Å². The second-order valence-corrected chi connectivity index (χ2v) is 9.19. The van der Waals surface area contributed by atoms with E-state index in [0.717, 1.165) is 11.1 Å². The monoisotopic (exact) mass is 462 g/mol. The van der Waals surface area contributed by atoms with Crippen molar-refractivity contribution in [2.24, 2.45) is 0 Å². The summed E-state index contributed by atoms with van der Waals surface area (Å²) in [4.78, 5) is 28.4. The van der Waals surface area contributed by atoms with Crippen LogP contribution < -0.4 is 10.1 Å². The van der Waals surface area contributed by atoms with E-state index in [0.29, 0.717) is 12.2 Å². The Hall–Kier alpha value is -3.67. The molecule has 1 N–H and O–H groups in total. The molecule has 0 aromatic heterocycles. The molecule has 3 aromatic rings. The molecule has 1 atom stereocenters. The van der Waals surface area contributed by atoms with Gasteiger partial charge in [-0.15, -0.1) is 0 Å². The van der Waals surface area contributed by atoms with Crippen LogP contribution >= 0.6 is 0 Å². The molecule has 3 rings (SSSR count). The third-order valence-corrected chi connectivity index (χ3v) is 5.14. The molecule has 0 saturated heterocycles. The van der Waals surface area contributed by atoms with Gasteiger partial charge in [0.15, 0.2) is 6.61 Å². The van der Waals surface area contributed by atoms with Crippen molar-refractivity contribution >= 4 is 11.8 Å². The predicted molar refractivity (Wildman–Crippen MR) is 131 cm³/mol. The lowest BCUT2D eigenvalue weighted by atomic mass is 10.0. The number of halogens is 1. The number of nitrogens with zero attached hydrogens (tertiary/aromatic N) is 1. The molecule has 0 aliphatic heterocycles. The summed E-state index contributed by atoms with van der Waals surface area (Å²) in [6.07, 6.45) is 0.334. The van der Waals surface area contributed by atoms with Gasteiger partial charge in [-0.25, -0.2) is 4.39 Å². The zero-order chi connectivity index (χ0) is 24.6. The van der Waals surface area contributed by atoms with Crippen LogP contribution in [0.5, 0.6) is 5.75 Å². The van der Waals surface area contributed by atoms with Crippen LogP contribution in [0, 0.1) is 5.82 Å². The SMILES string of the molecule is CC(C)(C)NC(=O)[C@@H](Cc1ccccc1)N(Cc1ccc(F)cc1)C(=O)COc1ccccc1. The van der Waals surface area contributed by atoms with Crippen molar-refractivity contribution in [1.29, 1.82) is 0 Å². The minimum Gasteiger partial charge on any atom is -0.484 e. The number of carbonyl (C=O) groups is 2. The molecule has 6 heteroatoms. The van der Waals surface area contributed by atoms with E-state index in [1.807, 2.05) is 69.3 Å². The summed E-state index contributed by atoms with van der Waals surface area (Å²) in [5.41, 5.74) is 1.17. The molecular formula is C28H31FN2O3. The normalized spacial score (nSPS) is 12.0. The van der Waals surface area contributed by atoms with Gasteiger partial charge in [-0.2, -0.15) is 0 Å². The zero-order valence-corrected chi connectivity index (χ0v) is 19.8. The van der Waals surface area contributed by atoms with Crippen LogP contribution in [0.25, 0.3) is 0 Å². The first kappa shape index (κ1) is 25.0. The lowest BCUT2D eigenvalue weighted by Crippen LogP contribution is -2.55. The molecule has 0 bridgehead atoms. The molecule has 0 saturated carbocycles. The maximum Gasteiger partial charge on any atom is 0.261 e. The van der Waals surface area contributed by atoms with Gasteiger partial charge in [-0.1, -0.05) is 60.7 Å². The maximum absolute atomic E-state index is 13.5. The molecule has 0 spiro atoms. The van der Waals surface area contributed by atoms with Gasteiger partial charge in [0.2, 0.25) is 5.91 Å². The summed E-state index contributed by atoms with van der Waals surface area (Å²) in [6.45, 7) is 5.62. The highest BCUT2D eigenvalue weighted by Gasteiger charge is 2.32. The van der Waals surface area contributed by atoms with Crippen molar-refractivity contribution < 1.29 is 18.7 Å². The van der Waals surface area contributed by atoms with Gasteiger partial charge < -0.3 is 15.0 Å². The fourth-order valence-corrected chi connectivity index (χ4v) is 3.54. The number of nitrogens with one attached hydrogen (secondary N) is 1. The number of hydrogen-bond acceptors (Lipinski definition) is 3. The van der Waals surface area contributed by atoms with Crippen molar-refractivity contribution in [2.75, 3.05) is 6.61 Å². The van der Waals surface area contributed by atoms with Crippen LogP contribution in [0.4, 0.5) is 4.39 Å². The topological polar surface area (TPSA) is 58.6 Å². The number of carbonyl (C=O) groups excluding carboxylic acids is 2. The average molecular weight is 463 g/mol. The third-order valence-electron chi connectivity index (χ3n) is 5.14. The summed E-state index contributed by atoms with van der Waals surface area (Å²) in [6, 6.07) is 23.8. The highest BCUT2D eigenvalue weighted by atomic mass is 19.1. The Morgan fingerprint density at radius 3 is 2.06 bits per heavy atom. The van der Waals surface area contributed by atoms with Gasteiger partial charge in [-0.05, 0) is 56.2 Å². The van der Waals surface area contributed by atoms with Gasteiger partial charge in [0, 0.05) is 18.5 Å². The number of amides is 2. The fraction of sp³-hybridized carbons (Fsp3) is 0.286. The molecule has 3 aromatic carbocycles. The largest absolute Gasteiger partial charge is 0.484 e.